The SMILES string of the molecule is Cc1cccc(C(C)C)c1NC(=O)COC(=O)c1[nH]c(C)c([C@H](C)O)c1C. The molecule has 0 saturated heterocycles. The summed E-state index contributed by atoms with van der Waals surface area (Å²) in [5.41, 5.74) is 5.03. The molecule has 0 unspecified atom stereocenters. The van der Waals surface area contributed by atoms with Crippen molar-refractivity contribution in [3.63, 3.8) is 0 Å². The van der Waals surface area contributed by atoms with Gasteiger partial charge in [-0.1, -0.05) is 32.0 Å². The summed E-state index contributed by atoms with van der Waals surface area (Å²) in [7, 11) is 0. The van der Waals surface area contributed by atoms with Gasteiger partial charge >= 0.3 is 5.97 Å². The van der Waals surface area contributed by atoms with Crippen LogP contribution in [0.4, 0.5) is 5.69 Å². The molecule has 146 valence electrons. The predicted molar refractivity (Wildman–Crippen MR) is 105 cm³/mol. The molecule has 1 aromatic heterocycles. The smallest absolute Gasteiger partial charge is 0.355 e. The molecule has 6 nitrogen and oxygen atoms in total. The molecule has 0 radical (unpaired) electrons. The Morgan fingerprint density at radius 1 is 1.19 bits per heavy atom. The van der Waals surface area contributed by atoms with E-state index in [9.17, 15) is 14.7 Å². The number of ether oxygens (including phenoxy) is 1. The summed E-state index contributed by atoms with van der Waals surface area (Å²) in [6.45, 7) is 10.8. The van der Waals surface area contributed by atoms with Crippen LogP contribution in [0.1, 0.15) is 71.2 Å². The number of benzene rings is 1. The number of anilines is 1. The third-order valence-corrected chi connectivity index (χ3v) is 4.64. The summed E-state index contributed by atoms with van der Waals surface area (Å²) >= 11 is 0. The highest BCUT2D eigenvalue weighted by Gasteiger charge is 2.22. The molecule has 1 amide bonds. The van der Waals surface area contributed by atoms with Crippen LogP contribution in [0.3, 0.4) is 0 Å². The molecule has 2 rings (SSSR count). The molecule has 0 aliphatic heterocycles. The van der Waals surface area contributed by atoms with Crippen molar-refractivity contribution in [3.8, 4) is 0 Å². The van der Waals surface area contributed by atoms with Crippen LogP contribution in [0.2, 0.25) is 0 Å². The van der Waals surface area contributed by atoms with E-state index in [1.807, 2.05) is 25.1 Å². The Morgan fingerprint density at radius 3 is 2.41 bits per heavy atom. The number of aliphatic hydroxyl groups is 1. The lowest BCUT2D eigenvalue weighted by molar-refractivity contribution is -0.119. The quantitative estimate of drug-likeness (QED) is 0.671. The molecule has 1 atom stereocenters. The monoisotopic (exact) mass is 372 g/mol. The number of nitrogens with one attached hydrogen (secondary N) is 2. The number of aryl methyl sites for hydroxylation is 2. The average Bonchev–Trinajstić information content (AvgIpc) is 2.88. The number of amides is 1. The van der Waals surface area contributed by atoms with Gasteiger partial charge in [0.1, 0.15) is 5.69 Å². The molecule has 0 bridgehead atoms. The van der Waals surface area contributed by atoms with Crippen LogP contribution in [0.5, 0.6) is 0 Å². The van der Waals surface area contributed by atoms with Crippen molar-refractivity contribution in [1.29, 1.82) is 0 Å². The van der Waals surface area contributed by atoms with Crippen LogP contribution in [0.25, 0.3) is 0 Å². The van der Waals surface area contributed by atoms with Gasteiger partial charge in [-0.15, -0.1) is 0 Å². The molecule has 2 aromatic rings. The highest BCUT2D eigenvalue weighted by atomic mass is 16.5. The van der Waals surface area contributed by atoms with E-state index in [0.29, 0.717) is 16.8 Å². The fourth-order valence-corrected chi connectivity index (χ4v) is 3.32. The second-order valence-electron chi connectivity index (χ2n) is 7.16. The van der Waals surface area contributed by atoms with E-state index in [2.05, 4.69) is 24.1 Å². The topological polar surface area (TPSA) is 91.4 Å². The number of H-pyrrole nitrogens is 1. The largest absolute Gasteiger partial charge is 0.451 e. The van der Waals surface area contributed by atoms with E-state index >= 15 is 0 Å². The van der Waals surface area contributed by atoms with Gasteiger partial charge in [0.15, 0.2) is 6.61 Å². The van der Waals surface area contributed by atoms with Gasteiger partial charge in [0.05, 0.1) is 6.10 Å². The van der Waals surface area contributed by atoms with Crippen LogP contribution < -0.4 is 5.32 Å². The summed E-state index contributed by atoms with van der Waals surface area (Å²) in [4.78, 5) is 27.6. The molecule has 0 spiro atoms. The van der Waals surface area contributed by atoms with Crippen molar-refractivity contribution in [3.05, 3.63) is 51.8 Å². The van der Waals surface area contributed by atoms with Gasteiger partial charge < -0.3 is 20.1 Å². The van der Waals surface area contributed by atoms with Crippen LogP contribution >= 0.6 is 0 Å². The number of hydrogen-bond donors (Lipinski definition) is 3. The normalized spacial score (nSPS) is 12.1. The van der Waals surface area contributed by atoms with E-state index in [-0.39, 0.29) is 18.2 Å². The Bertz CT molecular complexity index is 850. The van der Waals surface area contributed by atoms with Crippen LogP contribution in [-0.4, -0.2) is 28.6 Å². The summed E-state index contributed by atoms with van der Waals surface area (Å²) in [6, 6.07) is 5.86. The number of aromatic nitrogens is 1. The second-order valence-corrected chi connectivity index (χ2v) is 7.16. The first-order chi connectivity index (χ1) is 12.6. The first-order valence-corrected chi connectivity index (χ1v) is 9.07. The third kappa shape index (κ3) is 4.57. The summed E-state index contributed by atoms with van der Waals surface area (Å²) in [5, 5.41) is 12.7. The Balaban J connectivity index is 2.07. The zero-order valence-corrected chi connectivity index (χ0v) is 16.8. The minimum Gasteiger partial charge on any atom is -0.451 e. The van der Waals surface area contributed by atoms with Crippen molar-refractivity contribution >= 4 is 17.6 Å². The lowest BCUT2D eigenvalue weighted by atomic mass is 9.98. The van der Waals surface area contributed by atoms with Gasteiger partial charge in [-0.05, 0) is 50.3 Å². The molecule has 0 aliphatic rings. The van der Waals surface area contributed by atoms with Crippen molar-refractivity contribution in [2.24, 2.45) is 0 Å². The molecule has 0 fully saturated rings. The highest BCUT2D eigenvalue weighted by molar-refractivity contribution is 5.96. The van der Waals surface area contributed by atoms with E-state index < -0.39 is 18.0 Å². The second kappa shape index (κ2) is 8.39. The number of carbonyl (C=O) groups is 2. The van der Waals surface area contributed by atoms with Crippen molar-refractivity contribution in [1.82, 2.24) is 4.98 Å². The molecule has 0 saturated carbocycles. The fourth-order valence-electron chi connectivity index (χ4n) is 3.32. The van der Waals surface area contributed by atoms with E-state index in [0.717, 1.165) is 16.8 Å². The van der Waals surface area contributed by atoms with Crippen molar-refractivity contribution in [2.75, 3.05) is 11.9 Å². The van der Waals surface area contributed by atoms with Crippen molar-refractivity contribution in [2.45, 2.75) is 53.6 Å². The third-order valence-electron chi connectivity index (χ3n) is 4.64. The number of aliphatic hydroxyl groups excluding tert-OH is 1. The maximum absolute atomic E-state index is 12.3. The van der Waals surface area contributed by atoms with Gasteiger partial charge in [0, 0.05) is 16.9 Å². The lowest BCUT2D eigenvalue weighted by Crippen LogP contribution is -2.22. The number of hydrogen-bond acceptors (Lipinski definition) is 4. The fraction of sp³-hybridized carbons (Fsp3) is 0.429. The zero-order valence-electron chi connectivity index (χ0n) is 16.8. The van der Waals surface area contributed by atoms with Crippen LogP contribution in [-0.2, 0) is 9.53 Å². The molecule has 0 aliphatic carbocycles. The van der Waals surface area contributed by atoms with Crippen molar-refractivity contribution < 1.29 is 19.4 Å². The Hall–Kier alpha value is -2.60. The van der Waals surface area contributed by atoms with Gasteiger partial charge in [-0.25, -0.2) is 4.79 Å². The lowest BCUT2D eigenvalue weighted by Gasteiger charge is -2.16. The molecule has 1 heterocycles. The highest BCUT2D eigenvalue weighted by Crippen LogP contribution is 2.27. The predicted octanol–water partition coefficient (Wildman–Crippen LogP) is 3.91. The molecule has 27 heavy (non-hydrogen) atoms. The maximum Gasteiger partial charge on any atom is 0.355 e. The first kappa shape index (κ1) is 20.7. The summed E-state index contributed by atoms with van der Waals surface area (Å²) in [5.74, 6) is -0.756. The Morgan fingerprint density at radius 2 is 1.85 bits per heavy atom. The standard InChI is InChI=1S/C21H28N2O4/c1-11(2)16-9-7-8-12(3)19(16)23-17(25)10-27-21(26)20-13(4)18(15(6)24)14(5)22-20/h7-9,11,15,22,24H,10H2,1-6H3,(H,23,25)/t15-/m0/s1. The van der Waals surface area contributed by atoms with E-state index in [1.54, 1.807) is 20.8 Å². The van der Waals surface area contributed by atoms with Gasteiger partial charge in [-0.2, -0.15) is 0 Å². The molecule has 6 heteroatoms. The van der Waals surface area contributed by atoms with E-state index in [4.69, 9.17) is 4.74 Å². The Kier molecular flexibility index (Phi) is 6.44. The van der Waals surface area contributed by atoms with Gasteiger partial charge in [0.25, 0.3) is 5.91 Å². The summed E-state index contributed by atoms with van der Waals surface area (Å²) in [6.07, 6.45) is -0.693. The van der Waals surface area contributed by atoms with Gasteiger partial charge in [0.2, 0.25) is 0 Å². The number of para-hydroxylation sites is 1. The summed E-state index contributed by atoms with van der Waals surface area (Å²) < 4.78 is 5.17. The zero-order chi connectivity index (χ0) is 20.3. The van der Waals surface area contributed by atoms with Gasteiger partial charge in [-0.3, -0.25) is 4.79 Å². The number of esters is 1. The molecular weight excluding hydrogens is 344 g/mol. The van der Waals surface area contributed by atoms with Crippen LogP contribution in [0, 0.1) is 20.8 Å². The molecular formula is C21H28N2O4. The molecule has 1 aromatic carbocycles. The number of rotatable bonds is 6. The minimum absolute atomic E-state index is 0.256. The van der Waals surface area contributed by atoms with E-state index in [1.165, 1.54) is 0 Å². The number of carbonyl (C=O) groups excluding carboxylic acids is 2. The number of aromatic amines is 1. The maximum atomic E-state index is 12.3. The van der Waals surface area contributed by atoms with Crippen LogP contribution in [0.15, 0.2) is 18.2 Å². The minimum atomic E-state index is -0.693. The average molecular weight is 372 g/mol. The molecule has 3 N–H and O–H groups in total. The first-order valence-electron chi connectivity index (χ1n) is 9.07. The Labute approximate surface area is 159 Å².